The molecule has 3 nitrogen and oxygen atoms in total. The Hall–Kier alpha value is -1.35. The second kappa shape index (κ2) is 7.69. The molecule has 1 heterocycles. The van der Waals surface area contributed by atoms with Crippen LogP contribution < -0.4 is 10.6 Å². The van der Waals surface area contributed by atoms with E-state index < -0.39 is 0 Å². The molecule has 1 amide bonds. The summed E-state index contributed by atoms with van der Waals surface area (Å²) >= 11 is 0. The van der Waals surface area contributed by atoms with Crippen LogP contribution in [-0.4, -0.2) is 18.0 Å². The van der Waals surface area contributed by atoms with Gasteiger partial charge < -0.3 is 10.6 Å². The number of hydrogen-bond acceptors (Lipinski definition) is 2. The van der Waals surface area contributed by atoms with Crippen LogP contribution >= 0.6 is 0 Å². The van der Waals surface area contributed by atoms with Crippen molar-refractivity contribution in [1.82, 2.24) is 0 Å². The van der Waals surface area contributed by atoms with E-state index in [1.165, 1.54) is 43.2 Å². The monoisotopic (exact) mass is 328 g/mol. The molecule has 1 aromatic rings. The summed E-state index contributed by atoms with van der Waals surface area (Å²) in [5.74, 6) is 1.08. The first kappa shape index (κ1) is 17.5. The summed E-state index contributed by atoms with van der Waals surface area (Å²) in [6.45, 7) is 4.21. The summed E-state index contributed by atoms with van der Waals surface area (Å²) in [6.07, 6.45) is 10.4. The average molecular weight is 329 g/mol. The molecular weight excluding hydrogens is 296 g/mol. The number of anilines is 1. The summed E-state index contributed by atoms with van der Waals surface area (Å²) in [5.41, 5.74) is 9.64. The van der Waals surface area contributed by atoms with E-state index in [2.05, 4.69) is 25.1 Å². The van der Waals surface area contributed by atoms with Crippen molar-refractivity contribution in [2.45, 2.75) is 83.7 Å². The van der Waals surface area contributed by atoms with Gasteiger partial charge >= 0.3 is 0 Å². The summed E-state index contributed by atoms with van der Waals surface area (Å²) in [4.78, 5) is 14.9. The van der Waals surface area contributed by atoms with E-state index in [0.717, 1.165) is 30.9 Å². The number of nitrogens with two attached hydrogens (primary N) is 1. The van der Waals surface area contributed by atoms with Crippen LogP contribution in [0.25, 0.3) is 0 Å². The standard InChI is InChI=1S/C21H32N2O/c1-15(22)12-18-8-10-20-19(14-18)13-16(2)23(20)21(24)11-9-17-6-4-3-5-7-17/h8,10,14-17H,3-7,9,11-13,22H2,1-2H3. The molecule has 3 heteroatoms. The molecule has 0 radical (unpaired) electrons. The van der Waals surface area contributed by atoms with Crippen molar-refractivity contribution in [3.8, 4) is 0 Å². The minimum absolute atomic E-state index is 0.176. The van der Waals surface area contributed by atoms with E-state index in [1.54, 1.807) is 0 Å². The predicted molar refractivity (Wildman–Crippen MR) is 100 cm³/mol. The molecule has 1 aromatic carbocycles. The van der Waals surface area contributed by atoms with Gasteiger partial charge in [0.05, 0.1) is 0 Å². The molecule has 0 spiro atoms. The fourth-order valence-corrected chi connectivity index (χ4v) is 4.49. The van der Waals surface area contributed by atoms with Crippen LogP contribution in [0.5, 0.6) is 0 Å². The van der Waals surface area contributed by atoms with Gasteiger partial charge in [0.25, 0.3) is 0 Å². The minimum atomic E-state index is 0.176. The normalized spacial score (nSPS) is 22.5. The zero-order valence-electron chi connectivity index (χ0n) is 15.3. The molecule has 3 rings (SSSR count). The first-order valence-corrected chi connectivity index (χ1v) is 9.74. The molecule has 1 aliphatic carbocycles. The largest absolute Gasteiger partial charge is 0.328 e. The Morgan fingerprint density at radius 2 is 2.04 bits per heavy atom. The maximum atomic E-state index is 12.8. The summed E-state index contributed by atoms with van der Waals surface area (Å²) < 4.78 is 0. The Kier molecular flexibility index (Phi) is 5.60. The maximum absolute atomic E-state index is 12.8. The lowest BCUT2D eigenvalue weighted by Crippen LogP contribution is -2.35. The lowest BCUT2D eigenvalue weighted by molar-refractivity contribution is -0.119. The third-order valence-corrected chi connectivity index (χ3v) is 5.68. The van der Waals surface area contributed by atoms with Gasteiger partial charge in [0, 0.05) is 24.2 Å². The van der Waals surface area contributed by atoms with Crippen LogP contribution in [-0.2, 0) is 17.6 Å². The third-order valence-electron chi connectivity index (χ3n) is 5.68. The molecule has 0 aromatic heterocycles. The summed E-state index contributed by atoms with van der Waals surface area (Å²) in [7, 11) is 0. The number of rotatable bonds is 5. The van der Waals surface area contributed by atoms with Crippen molar-refractivity contribution in [2.75, 3.05) is 4.90 Å². The van der Waals surface area contributed by atoms with Gasteiger partial charge in [-0.05, 0) is 56.2 Å². The topological polar surface area (TPSA) is 46.3 Å². The molecule has 24 heavy (non-hydrogen) atoms. The van der Waals surface area contributed by atoms with Crippen molar-refractivity contribution >= 4 is 11.6 Å². The molecule has 2 aliphatic rings. The van der Waals surface area contributed by atoms with Gasteiger partial charge in [-0.1, -0.05) is 44.2 Å². The van der Waals surface area contributed by atoms with Crippen LogP contribution in [0.3, 0.4) is 0 Å². The molecule has 1 fully saturated rings. The molecule has 1 saturated carbocycles. The van der Waals surface area contributed by atoms with E-state index in [9.17, 15) is 4.79 Å². The van der Waals surface area contributed by atoms with Crippen LogP contribution in [0.1, 0.15) is 69.9 Å². The average Bonchev–Trinajstić information content (AvgIpc) is 2.88. The van der Waals surface area contributed by atoms with Gasteiger partial charge in [0.15, 0.2) is 0 Å². The van der Waals surface area contributed by atoms with Crippen molar-refractivity contribution in [2.24, 2.45) is 11.7 Å². The summed E-state index contributed by atoms with van der Waals surface area (Å²) in [6, 6.07) is 6.99. The Bertz CT molecular complexity index is 575. The van der Waals surface area contributed by atoms with E-state index in [1.807, 2.05) is 11.8 Å². The summed E-state index contributed by atoms with van der Waals surface area (Å²) in [5, 5.41) is 0. The molecular formula is C21H32N2O. The Morgan fingerprint density at radius 1 is 1.29 bits per heavy atom. The van der Waals surface area contributed by atoms with E-state index in [4.69, 9.17) is 5.73 Å². The van der Waals surface area contributed by atoms with Crippen molar-refractivity contribution in [3.63, 3.8) is 0 Å². The smallest absolute Gasteiger partial charge is 0.227 e. The lowest BCUT2D eigenvalue weighted by Gasteiger charge is -2.25. The molecule has 1 aliphatic heterocycles. The van der Waals surface area contributed by atoms with Gasteiger partial charge in [-0.3, -0.25) is 4.79 Å². The molecule has 0 saturated heterocycles. The van der Waals surface area contributed by atoms with Crippen molar-refractivity contribution in [3.05, 3.63) is 29.3 Å². The fraction of sp³-hybridized carbons (Fsp3) is 0.667. The molecule has 132 valence electrons. The van der Waals surface area contributed by atoms with Crippen LogP contribution in [0, 0.1) is 5.92 Å². The highest BCUT2D eigenvalue weighted by Gasteiger charge is 2.31. The molecule has 0 bridgehead atoms. The zero-order valence-corrected chi connectivity index (χ0v) is 15.3. The number of benzene rings is 1. The Morgan fingerprint density at radius 3 is 2.75 bits per heavy atom. The second-order valence-electron chi connectivity index (χ2n) is 8.00. The van der Waals surface area contributed by atoms with Gasteiger partial charge in [-0.25, -0.2) is 0 Å². The van der Waals surface area contributed by atoms with Crippen molar-refractivity contribution in [1.29, 1.82) is 0 Å². The minimum Gasteiger partial charge on any atom is -0.328 e. The number of nitrogens with zero attached hydrogens (tertiary/aromatic N) is 1. The number of amides is 1. The SMILES string of the molecule is CC(N)Cc1ccc2c(c1)CC(C)N2C(=O)CCC1CCCCC1. The van der Waals surface area contributed by atoms with Crippen LogP contribution in [0.2, 0.25) is 0 Å². The van der Waals surface area contributed by atoms with Crippen LogP contribution in [0.15, 0.2) is 18.2 Å². The zero-order chi connectivity index (χ0) is 17.1. The highest BCUT2D eigenvalue weighted by Crippen LogP contribution is 2.35. The molecule has 2 atom stereocenters. The van der Waals surface area contributed by atoms with Gasteiger partial charge in [0.1, 0.15) is 0 Å². The van der Waals surface area contributed by atoms with E-state index in [0.29, 0.717) is 12.3 Å². The Balaban J connectivity index is 1.65. The number of carbonyl (C=O) groups is 1. The predicted octanol–water partition coefficient (Wildman–Crippen LogP) is 4.21. The molecule has 2 unspecified atom stereocenters. The van der Waals surface area contributed by atoms with Crippen LogP contribution in [0.4, 0.5) is 5.69 Å². The first-order valence-electron chi connectivity index (χ1n) is 9.74. The van der Waals surface area contributed by atoms with Crippen molar-refractivity contribution < 1.29 is 4.79 Å². The van der Waals surface area contributed by atoms with Gasteiger partial charge in [-0.15, -0.1) is 0 Å². The number of hydrogen-bond donors (Lipinski definition) is 1. The number of fused-ring (bicyclic) bond motifs is 1. The third kappa shape index (κ3) is 4.00. The second-order valence-corrected chi connectivity index (χ2v) is 8.00. The highest BCUT2D eigenvalue weighted by molar-refractivity contribution is 5.96. The van der Waals surface area contributed by atoms with Gasteiger partial charge in [0.2, 0.25) is 5.91 Å². The van der Waals surface area contributed by atoms with E-state index >= 15 is 0 Å². The molecule has 2 N–H and O–H groups in total. The fourth-order valence-electron chi connectivity index (χ4n) is 4.49. The van der Waals surface area contributed by atoms with Gasteiger partial charge in [-0.2, -0.15) is 0 Å². The Labute approximate surface area is 146 Å². The van der Waals surface area contributed by atoms with E-state index in [-0.39, 0.29) is 12.1 Å². The first-order chi connectivity index (χ1) is 11.5. The lowest BCUT2D eigenvalue weighted by atomic mass is 9.86. The number of carbonyl (C=O) groups excluding carboxylic acids is 1. The quantitative estimate of drug-likeness (QED) is 0.880. The highest BCUT2D eigenvalue weighted by atomic mass is 16.2. The maximum Gasteiger partial charge on any atom is 0.227 e.